The Balaban J connectivity index is 1.52. The van der Waals surface area contributed by atoms with Crippen LogP contribution in [0.25, 0.3) is 0 Å². The standard InChI is InChI=1S/C17H24N4O/c18-16-4-2-15(3-5-16)14-17-19-6-9-21(17)8-1-7-20-10-12-22-13-11-20/h2-6,9H,1,7-8,10-14,18H2. The van der Waals surface area contributed by atoms with Crippen molar-refractivity contribution in [2.45, 2.75) is 19.4 Å². The third-order valence-corrected chi connectivity index (χ3v) is 4.12. The maximum Gasteiger partial charge on any atom is 0.113 e. The maximum absolute atomic E-state index is 5.73. The highest BCUT2D eigenvalue weighted by atomic mass is 16.5. The molecule has 0 atom stereocenters. The van der Waals surface area contributed by atoms with E-state index in [1.165, 1.54) is 5.56 Å². The van der Waals surface area contributed by atoms with Crippen molar-refractivity contribution in [1.29, 1.82) is 0 Å². The first-order valence-electron chi connectivity index (χ1n) is 7.96. The molecule has 2 aromatic rings. The molecule has 1 fully saturated rings. The molecule has 0 unspecified atom stereocenters. The molecule has 118 valence electrons. The van der Waals surface area contributed by atoms with Crippen LogP contribution in [-0.4, -0.2) is 47.3 Å². The Labute approximate surface area is 131 Å². The first kappa shape index (κ1) is 15.1. The maximum atomic E-state index is 5.73. The van der Waals surface area contributed by atoms with Gasteiger partial charge in [-0.1, -0.05) is 12.1 Å². The number of morpholine rings is 1. The van der Waals surface area contributed by atoms with Crippen molar-refractivity contribution in [3.63, 3.8) is 0 Å². The van der Waals surface area contributed by atoms with Crippen LogP contribution < -0.4 is 5.73 Å². The number of rotatable bonds is 6. The summed E-state index contributed by atoms with van der Waals surface area (Å²) >= 11 is 0. The molecule has 0 aliphatic carbocycles. The van der Waals surface area contributed by atoms with Gasteiger partial charge in [0.15, 0.2) is 0 Å². The second-order valence-electron chi connectivity index (χ2n) is 5.76. The Morgan fingerprint density at radius 2 is 1.86 bits per heavy atom. The molecule has 0 radical (unpaired) electrons. The molecule has 2 N–H and O–H groups in total. The first-order chi connectivity index (χ1) is 10.8. The normalized spacial score (nSPS) is 16.0. The Kier molecular flexibility index (Phi) is 5.08. The van der Waals surface area contributed by atoms with E-state index in [4.69, 9.17) is 10.5 Å². The molecule has 0 saturated carbocycles. The summed E-state index contributed by atoms with van der Waals surface area (Å²) < 4.78 is 7.64. The summed E-state index contributed by atoms with van der Waals surface area (Å²) in [6.45, 7) is 6.00. The molecule has 0 bridgehead atoms. The van der Waals surface area contributed by atoms with Gasteiger partial charge in [-0.15, -0.1) is 0 Å². The van der Waals surface area contributed by atoms with Crippen molar-refractivity contribution in [1.82, 2.24) is 14.5 Å². The zero-order chi connectivity index (χ0) is 15.2. The number of nitrogen functional groups attached to an aromatic ring is 1. The molecule has 1 aromatic carbocycles. The fourth-order valence-corrected chi connectivity index (χ4v) is 2.82. The van der Waals surface area contributed by atoms with Gasteiger partial charge in [0.25, 0.3) is 0 Å². The lowest BCUT2D eigenvalue weighted by molar-refractivity contribution is 0.0369. The van der Waals surface area contributed by atoms with Crippen molar-refractivity contribution in [3.8, 4) is 0 Å². The Morgan fingerprint density at radius 3 is 2.64 bits per heavy atom. The summed E-state index contributed by atoms with van der Waals surface area (Å²) in [5.74, 6) is 1.12. The van der Waals surface area contributed by atoms with Gasteiger partial charge in [-0.2, -0.15) is 0 Å². The van der Waals surface area contributed by atoms with Crippen LogP contribution in [0, 0.1) is 0 Å². The van der Waals surface area contributed by atoms with Gasteiger partial charge in [0.2, 0.25) is 0 Å². The number of imidazole rings is 1. The van der Waals surface area contributed by atoms with E-state index < -0.39 is 0 Å². The van der Waals surface area contributed by atoms with E-state index in [1.807, 2.05) is 18.3 Å². The van der Waals surface area contributed by atoms with Crippen molar-refractivity contribution < 1.29 is 4.74 Å². The zero-order valence-electron chi connectivity index (χ0n) is 12.9. The predicted molar refractivity (Wildman–Crippen MR) is 87.8 cm³/mol. The first-order valence-corrected chi connectivity index (χ1v) is 7.96. The van der Waals surface area contributed by atoms with E-state index in [1.54, 1.807) is 0 Å². The highest BCUT2D eigenvalue weighted by molar-refractivity contribution is 5.39. The summed E-state index contributed by atoms with van der Waals surface area (Å²) in [6.07, 6.45) is 5.96. The molecular formula is C17H24N4O. The second-order valence-corrected chi connectivity index (χ2v) is 5.76. The number of hydrogen-bond acceptors (Lipinski definition) is 4. The Bertz CT molecular complexity index is 573. The van der Waals surface area contributed by atoms with Crippen LogP contribution in [0.3, 0.4) is 0 Å². The fraction of sp³-hybridized carbons (Fsp3) is 0.471. The Morgan fingerprint density at radius 1 is 1.09 bits per heavy atom. The lowest BCUT2D eigenvalue weighted by Gasteiger charge is -2.26. The van der Waals surface area contributed by atoms with E-state index in [2.05, 4.69) is 32.8 Å². The molecule has 3 rings (SSSR count). The second kappa shape index (κ2) is 7.42. The lowest BCUT2D eigenvalue weighted by Crippen LogP contribution is -2.37. The summed E-state index contributed by atoms with van der Waals surface area (Å²) in [5, 5.41) is 0. The van der Waals surface area contributed by atoms with Gasteiger partial charge in [-0.25, -0.2) is 4.98 Å². The fourth-order valence-electron chi connectivity index (χ4n) is 2.82. The minimum atomic E-state index is 0.803. The summed E-state index contributed by atoms with van der Waals surface area (Å²) in [5.41, 5.74) is 7.78. The molecule has 0 amide bonds. The van der Waals surface area contributed by atoms with Gasteiger partial charge in [0.1, 0.15) is 5.82 Å². The molecule has 5 nitrogen and oxygen atoms in total. The average molecular weight is 300 g/mol. The minimum Gasteiger partial charge on any atom is -0.399 e. The van der Waals surface area contributed by atoms with E-state index in [0.29, 0.717) is 0 Å². The Hall–Kier alpha value is -1.85. The predicted octanol–water partition coefficient (Wildman–Crippen LogP) is 1.78. The number of ether oxygens (including phenoxy) is 1. The quantitative estimate of drug-likeness (QED) is 0.826. The lowest BCUT2D eigenvalue weighted by atomic mass is 10.1. The number of benzene rings is 1. The number of aromatic nitrogens is 2. The van der Waals surface area contributed by atoms with Gasteiger partial charge in [0.05, 0.1) is 13.2 Å². The summed E-state index contributed by atoms with van der Waals surface area (Å²) in [7, 11) is 0. The van der Waals surface area contributed by atoms with Crippen LogP contribution in [0.4, 0.5) is 5.69 Å². The SMILES string of the molecule is Nc1ccc(Cc2nccn2CCCN2CCOCC2)cc1. The molecule has 1 saturated heterocycles. The zero-order valence-corrected chi connectivity index (χ0v) is 12.9. The molecule has 22 heavy (non-hydrogen) atoms. The third kappa shape index (κ3) is 4.08. The van der Waals surface area contributed by atoms with Gasteiger partial charge in [0, 0.05) is 50.7 Å². The number of hydrogen-bond donors (Lipinski definition) is 1. The van der Waals surface area contributed by atoms with E-state index in [-0.39, 0.29) is 0 Å². The van der Waals surface area contributed by atoms with E-state index >= 15 is 0 Å². The monoisotopic (exact) mass is 300 g/mol. The van der Waals surface area contributed by atoms with E-state index in [0.717, 1.165) is 63.7 Å². The molecule has 1 aliphatic rings. The molecule has 1 aromatic heterocycles. The van der Waals surface area contributed by atoms with Crippen LogP contribution in [-0.2, 0) is 17.7 Å². The van der Waals surface area contributed by atoms with Gasteiger partial charge in [-0.3, -0.25) is 4.90 Å². The van der Waals surface area contributed by atoms with Gasteiger partial charge >= 0.3 is 0 Å². The van der Waals surface area contributed by atoms with Crippen LogP contribution >= 0.6 is 0 Å². The molecule has 5 heteroatoms. The van der Waals surface area contributed by atoms with Crippen LogP contribution in [0.15, 0.2) is 36.7 Å². The number of nitrogens with zero attached hydrogens (tertiary/aromatic N) is 3. The number of aryl methyl sites for hydroxylation is 1. The van der Waals surface area contributed by atoms with Gasteiger partial charge in [-0.05, 0) is 24.1 Å². The van der Waals surface area contributed by atoms with Gasteiger partial charge < -0.3 is 15.0 Å². The molecule has 2 heterocycles. The van der Waals surface area contributed by atoms with Crippen molar-refractivity contribution in [2.75, 3.05) is 38.6 Å². The number of nitrogens with two attached hydrogens (primary N) is 1. The largest absolute Gasteiger partial charge is 0.399 e. The minimum absolute atomic E-state index is 0.803. The van der Waals surface area contributed by atoms with Crippen molar-refractivity contribution in [3.05, 3.63) is 48.0 Å². The van der Waals surface area contributed by atoms with Crippen molar-refractivity contribution in [2.24, 2.45) is 0 Å². The van der Waals surface area contributed by atoms with Crippen LogP contribution in [0.1, 0.15) is 17.8 Å². The average Bonchev–Trinajstić information content (AvgIpc) is 2.98. The smallest absolute Gasteiger partial charge is 0.113 e. The third-order valence-electron chi connectivity index (χ3n) is 4.12. The number of anilines is 1. The molecule has 1 aliphatic heterocycles. The summed E-state index contributed by atoms with van der Waals surface area (Å²) in [4.78, 5) is 6.97. The van der Waals surface area contributed by atoms with Crippen LogP contribution in [0.2, 0.25) is 0 Å². The van der Waals surface area contributed by atoms with Crippen molar-refractivity contribution >= 4 is 5.69 Å². The summed E-state index contributed by atoms with van der Waals surface area (Å²) in [6, 6.07) is 8.03. The molecular weight excluding hydrogens is 276 g/mol. The topological polar surface area (TPSA) is 56.3 Å². The van der Waals surface area contributed by atoms with Crippen LogP contribution in [0.5, 0.6) is 0 Å². The highest BCUT2D eigenvalue weighted by Crippen LogP contribution is 2.11. The highest BCUT2D eigenvalue weighted by Gasteiger charge is 2.10. The molecule has 0 spiro atoms. The van der Waals surface area contributed by atoms with E-state index in [9.17, 15) is 0 Å².